The van der Waals surface area contributed by atoms with E-state index >= 15 is 0 Å². The van der Waals surface area contributed by atoms with E-state index in [-0.39, 0.29) is 6.04 Å². The molecule has 0 amide bonds. The topological polar surface area (TPSA) is 77.8 Å². The summed E-state index contributed by atoms with van der Waals surface area (Å²) in [7, 11) is 0. The molecule has 2 aromatic rings. The van der Waals surface area contributed by atoms with Gasteiger partial charge in [0.1, 0.15) is 5.69 Å². The first kappa shape index (κ1) is 8.33. The lowest BCUT2D eigenvalue weighted by atomic mass is 10.4. The van der Waals surface area contributed by atoms with Crippen molar-refractivity contribution in [1.82, 2.24) is 15.2 Å². The van der Waals surface area contributed by atoms with Gasteiger partial charge in [0.05, 0.1) is 11.6 Å². The van der Waals surface area contributed by atoms with Gasteiger partial charge in [0, 0.05) is 5.38 Å². The number of thiazole rings is 1. The van der Waals surface area contributed by atoms with E-state index in [1.165, 1.54) is 11.3 Å². The van der Waals surface area contributed by atoms with Crippen molar-refractivity contribution in [2.24, 2.45) is 5.73 Å². The van der Waals surface area contributed by atoms with Crippen molar-refractivity contribution in [1.29, 1.82) is 0 Å². The second-order valence-electron chi connectivity index (χ2n) is 2.61. The molecule has 68 valence electrons. The maximum Gasteiger partial charge on any atom is 0.267 e. The van der Waals surface area contributed by atoms with Crippen LogP contribution in [0.1, 0.15) is 18.9 Å². The lowest BCUT2D eigenvalue weighted by molar-refractivity contribution is 0.472. The van der Waals surface area contributed by atoms with Gasteiger partial charge in [-0.1, -0.05) is 0 Å². The van der Waals surface area contributed by atoms with Gasteiger partial charge in [0.15, 0.2) is 0 Å². The van der Waals surface area contributed by atoms with Crippen LogP contribution < -0.4 is 5.73 Å². The maximum atomic E-state index is 5.57. The molecule has 0 bridgehead atoms. The molecule has 0 saturated heterocycles. The average Bonchev–Trinajstić information content (AvgIpc) is 2.75. The molecular weight excluding hydrogens is 188 g/mol. The van der Waals surface area contributed by atoms with Crippen molar-refractivity contribution in [3.63, 3.8) is 0 Å². The largest absolute Gasteiger partial charge is 0.418 e. The van der Waals surface area contributed by atoms with Crippen LogP contribution in [0.15, 0.2) is 15.3 Å². The third-order valence-corrected chi connectivity index (χ3v) is 2.07. The molecule has 0 radical (unpaired) electrons. The molecule has 0 spiro atoms. The van der Waals surface area contributed by atoms with E-state index in [1.54, 1.807) is 12.4 Å². The molecule has 0 aliphatic carbocycles. The van der Waals surface area contributed by atoms with Gasteiger partial charge in [0.2, 0.25) is 5.89 Å². The Labute approximate surface area is 78.6 Å². The zero-order valence-electron chi connectivity index (χ0n) is 6.97. The van der Waals surface area contributed by atoms with Crippen molar-refractivity contribution in [3.8, 4) is 11.6 Å². The predicted octanol–water partition coefficient (Wildman–Crippen LogP) is 1.21. The van der Waals surface area contributed by atoms with Crippen LogP contribution in [0.4, 0.5) is 0 Å². The summed E-state index contributed by atoms with van der Waals surface area (Å²) in [6.07, 6.45) is 0. The van der Waals surface area contributed by atoms with E-state index < -0.39 is 0 Å². The van der Waals surface area contributed by atoms with Crippen LogP contribution in [0.5, 0.6) is 0 Å². The maximum absolute atomic E-state index is 5.57. The van der Waals surface area contributed by atoms with Crippen molar-refractivity contribution >= 4 is 11.3 Å². The minimum Gasteiger partial charge on any atom is -0.418 e. The molecule has 0 saturated carbocycles. The molecule has 1 atom stereocenters. The summed E-state index contributed by atoms with van der Waals surface area (Å²) in [4.78, 5) is 4.04. The third kappa shape index (κ3) is 1.58. The predicted molar refractivity (Wildman–Crippen MR) is 48.0 cm³/mol. The first-order valence-electron chi connectivity index (χ1n) is 3.75. The molecule has 6 heteroatoms. The summed E-state index contributed by atoms with van der Waals surface area (Å²) >= 11 is 1.48. The number of nitrogens with two attached hydrogens (primary N) is 1. The Morgan fingerprint density at radius 3 is 2.92 bits per heavy atom. The van der Waals surface area contributed by atoms with E-state index in [1.807, 2.05) is 5.38 Å². The minimum atomic E-state index is -0.236. The van der Waals surface area contributed by atoms with Gasteiger partial charge < -0.3 is 10.2 Å². The standard InChI is InChI=1S/C7H8N4OS/c1-4(8)6-10-11-7(12-6)5-2-13-3-9-5/h2-4H,8H2,1H3. The molecule has 0 aromatic carbocycles. The quantitative estimate of drug-likeness (QED) is 0.781. The average molecular weight is 196 g/mol. The lowest BCUT2D eigenvalue weighted by Gasteiger charge is -1.93. The van der Waals surface area contributed by atoms with Gasteiger partial charge in [0.25, 0.3) is 5.89 Å². The number of hydrogen-bond acceptors (Lipinski definition) is 6. The molecule has 2 aromatic heterocycles. The van der Waals surface area contributed by atoms with Crippen LogP contribution in [-0.2, 0) is 0 Å². The minimum absolute atomic E-state index is 0.236. The number of aromatic nitrogens is 3. The molecule has 2 heterocycles. The van der Waals surface area contributed by atoms with Gasteiger partial charge in [-0.05, 0) is 6.92 Å². The molecular formula is C7H8N4OS. The second kappa shape index (κ2) is 3.23. The number of hydrogen-bond donors (Lipinski definition) is 1. The van der Waals surface area contributed by atoms with Crippen molar-refractivity contribution in [2.75, 3.05) is 0 Å². The Hall–Kier alpha value is -1.27. The highest BCUT2D eigenvalue weighted by atomic mass is 32.1. The fraction of sp³-hybridized carbons (Fsp3) is 0.286. The Balaban J connectivity index is 2.33. The van der Waals surface area contributed by atoms with Crippen LogP contribution in [0.2, 0.25) is 0 Å². The molecule has 2 rings (SSSR count). The lowest BCUT2D eigenvalue weighted by Crippen LogP contribution is -2.04. The third-order valence-electron chi connectivity index (χ3n) is 1.48. The first-order valence-corrected chi connectivity index (χ1v) is 4.69. The summed E-state index contributed by atoms with van der Waals surface area (Å²) in [6.45, 7) is 1.79. The van der Waals surface area contributed by atoms with Gasteiger partial charge in [-0.25, -0.2) is 4.98 Å². The molecule has 5 nitrogen and oxygen atoms in total. The van der Waals surface area contributed by atoms with Gasteiger partial charge in [-0.3, -0.25) is 0 Å². The van der Waals surface area contributed by atoms with E-state index in [0.717, 1.165) is 0 Å². The van der Waals surface area contributed by atoms with Gasteiger partial charge in [-0.2, -0.15) is 0 Å². The molecule has 0 fully saturated rings. The van der Waals surface area contributed by atoms with Crippen LogP contribution in [-0.4, -0.2) is 15.2 Å². The van der Waals surface area contributed by atoms with E-state index in [2.05, 4.69) is 15.2 Å². The molecule has 0 aliphatic heterocycles. The monoisotopic (exact) mass is 196 g/mol. The normalized spacial score (nSPS) is 13.1. The van der Waals surface area contributed by atoms with E-state index in [4.69, 9.17) is 10.2 Å². The highest BCUT2D eigenvalue weighted by molar-refractivity contribution is 7.07. The summed E-state index contributed by atoms with van der Waals surface area (Å²) in [6, 6.07) is -0.236. The van der Waals surface area contributed by atoms with E-state index in [9.17, 15) is 0 Å². The van der Waals surface area contributed by atoms with Crippen LogP contribution >= 0.6 is 11.3 Å². The zero-order chi connectivity index (χ0) is 9.26. The van der Waals surface area contributed by atoms with Crippen LogP contribution in [0.3, 0.4) is 0 Å². The number of nitrogens with zero attached hydrogens (tertiary/aromatic N) is 3. The van der Waals surface area contributed by atoms with Crippen LogP contribution in [0, 0.1) is 0 Å². The fourth-order valence-electron chi connectivity index (χ4n) is 0.840. The van der Waals surface area contributed by atoms with Gasteiger partial charge in [-0.15, -0.1) is 21.5 Å². The highest BCUT2D eigenvalue weighted by Gasteiger charge is 2.12. The molecule has 1 unspecified atom stereocenters. The summed E-state index contributed by atoms with van der Waals surface area (Å²) in [5.74, 6) is 0.858. The van der Waals surface area contributed by atoms with Crippen molar-refractivity contribution in [3.05, 3.63) is 16.8 Å². The van der Waals surface area contributed by atoms with Gasteiger partial charge >= 0.3 is 0 Å². The van der Waals surface area contributed by atoms with Crippen molar-refractivity contribution < 1.29 is 4.42 Å². The van der Waals surface area contributed by atoms with Crippen molar-refractivity contribution in [2.45, 2.75) is 13.0 Å². The molecule has 0 aliphatic rings. The smallest absolute Gasteiger partial charge is 0.267 e. The summed E-state index contributed by atoms with van der Waals surface area (Å²) in [5, 5.41) is 9.47. The Morgan fingerprint density at radius 1 is 1.54 bits per heavy atom. The Morgan fingerprint density at radius 2 is 2.38 bits per heavy atom. The molecule has 2 N–H and O–H groups in total. The Kier molecular flexibility index (Phi) is 2.07. The summed E-state index contributed by atoms with van der Waals surface area (Å²) < 4.78 is 5.29. The Bertz CT molecular complexity index is 381. The van der Waals surface area contributed by atoms with E-state index in [0.29, 0.717) is 17.5 Å². The summed E-state index contributed by atoms with van der Waals surface area (Å²) in [5.41, 5.74) is 7.98. The first-order chi connectivity index (χ1) is 6.27. The second-order valence-corrected chi connectivity index (χ2v) is 3.33. The van der Waals surface area contributed by atoms with Crippen LogP contribution in [0.25, 0.3) is 11.6 Å². The fourth-order valence-corrected chi connectivity index (χ4v) is 1.37. The zero-order valence-corrected chi connectivity index (χ0v) is 7.78. The number of rotatable bonds is 2. The molecule has 13 heavy (non-hydrogen) atoms. The SMILES string of the molecule is CC(N)c1nnc(-c2cscn2)o1. The highest BCUT2D eigenvalue weighted by Crippen LogP contribution is 2.18.